The molecule has 0 saturated carbocycles. The predicted molar refractivity (Wildman–Crippen MR) is 131 cm³/mol. The summed E-state index contributed by atoms with van der Waals surface area (Å²) in [4.78, 5) is 5.04. The predicted octanol–water partition coefficient (Wildman–Crippen LogP) is 5.67. The first-order chi connectivity index (χ1) is 15.7. The second kappa shape index (κ2) is 8.29. The zero-order valence-corrected chi connectivity index (χ0v) is 20.4. The molecular weight excluding hydrogens is 458 g/mol. The third-order valence-electron chi connectivity index (χ3n) is 6.51. The van der Waals surface area contributed by atoms with Crippen molar-refractivity contribution in [2.24, 2.45) is 0 Å². The molecule has 0 aliphatic carbocycles. The number of fused-ring (bicyclic) bond motifs is 1. The van der Waals surface area contributed by atoms with Gasteiger partial charge in [-0.2, -0.15) is 0 Å². The lowest BCUT2D eigenvalue weighted by atomic mass is 10.00. The standard InChI is InChI=1S/C25H26ClN3O3S/c1-15(12-18-4-7-20(26)8-5-18)25-27-22-13-19(24-16(2)28-32-17(24)3)6-9-23(22)29(25)21-10-11-33(30,31)14-21/h4-9,13,15,21H,10-12,14H2,1-3H3/t15-,21+/m1/s1. The normalized spacial score (nSPS) is 18.7. The van der Waals surface area contributed by atoms with Gasteiger partial charge >= 0.3 is 0 Å². The Hall–Kier alpha value is -2.64. The van der Waals surface area contributed by atoms with Crippen LogP contribution in [-0.2, 0) is 16.3 Å². The number of benzene rings is 2. The summed E-state index contributed by atoms with van der Waals surface area (Å²) >= 11 is 6.05. The summed E-state index contributed by atoms with van der Waals surface area (Å²) in [5.74, 6) is 2.16. The largest absolute Gasteiger partial charge is 0.361 e. The van der Waals surface area contributed by atoms with Crippen molar-refractivity contribution in [1.82, 2.24) is 14.7 Å². The van der Waals surface area contributed by atoms with E-state index in [0.717, 1.165) is 45.9 Å². The molecule has 0 N–H and O–H groups in total. The lowest BCUT2D eigenvalue weighted by Gasteiger charge is -2.19. The number of sulfone groups is 1. The number of aryl methyl sites for hydroxylation is 2. The summed E-state index contributed by atoms with van der Waals surface area (Å²) in [6.45, 7) is 5.98. The van der Waals surface area contributed by atoms with Gasteiger partial charge in [0.15, 0.2) is 9.84 Å². The van der Waals surface area contributed by atoms with E-state index in [0.29, 0.717) is 11.4 Å². The Labute approximate surface area is 198 Å². The summed E-state index contributed by atoms with van der Waals surface area (Å²) in [5.41, 5.74) is 5.80. The number of rotatable bonds is 5. The van der Waals surface area contributed by atoms with Crippen LogP contribution in [0.15, 0.2) is 47.0 Å². The molecule has 2 atom stereocenters. The second-order valence-electron chi connectivity index (χ2n) is 9.03. The van der Waals surface area contributed by atoms with Crippen molar-refractivity contribution in [1.29, 1.82) is 0 Å². The lowest BCUT2D eigenvalue weighted by Crippen LogP contribution is -2.16. The quantitative estimate of drug-likeness (QED) is 0.365. The fourth-order valence-electron chi connectivity index (χ4n) is 4.94. The molecular formula is C25H26ClN3O3S. The molecule has 0 spiro atoms. The van der Waals surface area contributed by atoms with Gasteiger partial charge in [0.1, 0.15) is 11.6 Å². The Morgan fingerprint density at radius 1 is 1.18 bits per heavy atom. The van der Waals surface area contributed by atoms with Crippen LogP contribution in [0.2, 0.25) is 5.02 Å². The van der Waals surface area contributed by atoms with Gasteiger partial charge in [-0.05, 0) is 62.1 Å². The van der Waals surface area contributed by atoms with Crippen LogP contribution in [0, 0.1) is 13.8 Å². The SMILES string of the molecule is Cc1noc(C)c1-c1ccc2c(c1)nc([C@H](C)Cc1ccc(Cl)cc1)n2[C@H]1CCS(=O)(=O)C1. The van der Waals surface area contributed by atoms with Crippen LogP contribution in [0.25, 0.3) is 22.2 Å². The van der Waals surface area contributed by atoms with Crippen molar-refractivity contribution < 1.29 is 12.9 Å². The molecule has 1 fully saturated rings. The van der Waals surface area contributed by atoms with Crippen LogP contribution in [0.4, 0.5) is 0 Å². The van der Waals surface area contributed by atoms with Gasteiger partial charge in [0, 0.05) is 16.5 Å². The van der Waals surface area contributed by atoms with Crippen LogP contribution in [0.3, 0.4) is 0 Å². The molecule has 0 amide bonds. The summed E-state index contributed by atoms with van der Waals surface area (Å²) < 4.78 is 32.1. The molecule has 172 valence electrons. The van der Waals surface area contributed by atoms with Crippen molar-refractivity contribution in [3.8, 4) is 11.1 Å². The van der Waals surface area contributed by atoms with Crippen LogP contribution in [0.1, 0.15) is 48.1 Å². The van der Waals surface area contributed by atoms with Crippen LogP contribution in [-0.4, -0.2) is 34.6 Å². The fraction of sp³-hybridized carbons (Fsp3) is 0.360. The Kier molecular flexibility index (Phi) is 5.57. The monoisotopic (exact) mass is 483 g/mol. The lowest BCUT2D eigenvalue weighted by molar-refractivity contribution is 0.393. The number of imidazole rings is 1. The highest BCUT2D eigenvalue weighted by Gasteiger charge is 2.33. The maximum atomic E-state index is 12.3. The van der Waals surface area contributed by atoms with E-state index >= 15 is 0 Å². The summed E-state index contributed by atoms with van der Waals surface area (Å²) in [7, 11) is -3.04. The molecule has 2 aromatic heterocycles. The third kappa shape index (κ3) is 4.20. The van der Waals surface area contributed by atoms with E-state index in [2.05, 4.69) is 22.7 Å². The Morgan fingerprint density at radius 2 is 1.94 bits per heavy atom. The van der Waals surface area contributed by atoms with E-state index in [9.17, 15) is 8.42 Å². The van der Waals surface area contributed by atoms with Gasteiger partial charge < -0.3 is 9.09 Å². The molecule has 0 bridgehead atoms. The zero-order chi connectivity index (χ0) is 23.3. The van der Waals surface area contributed by atoms with E-state index in [-0.39, 0.29) is 23.5 Å². The van der Waals surface area contributed by atoms with Crippen LogP contribution in [0.5, 0.6) is 0 Å². The average Bonchev–Trinajstić information content (AvgIpc) is 3.43. The molecule has 5 rings (SSSR count). The number of hydrogen-bond donors (Lipinski definition) is 0. The van der Waals surface area contributed by atoms with Crippen LogP contribution < -0.4 is 0 Å². The maximum absolute atomic E-state index is 12.3. The van der Waals surface area contributed by atoms with Crippen molar-refractivity contribution >= 4 is 32.5 Å². The number of aromatic nitrogens is 3. The molecule has 2 aromatic carbocycles. The van der Waals surface area contributed by atoms with E-state index < -0.39 is 9.84 Å². The van der Waals surface area contributed by atoms with Gasteiger partial charge in [0.2, 0.25) is 0 Å². The molecule has 8 heteroatoms. The summed E-state index contributed by atoms with van der Waals surface area (Å²) in [5, 5.41) is 4.79. The van der Waals surface area contributed by atoms with Gasteiger partial charge in [-0.25, -0.2) is 13.4 Å². The maximum Gasteiger partial charge on any atom is 0.152 e. The highest BCUT2D eigenvalue weighted by Crippen LogP contribution is 2.36. The Morgan fingerprint density at radius 3 is 2.58 bits per heavy atom. The fourth-order valence-corrected chi connectivity index (χ4v) is 6.77. The minimum atomic E-state index is -3.04. The molecule has 33 heavy (non-hydrogen) atoms. The van der Waals surface area contributed by atoms with Crippen molar-refractivity contribution in [3.63, 3.8) is 0 Å². The van der Waals surface area contributed by atoms with Crippen molar-refractivity contribution in [2.45, 2.75) is 45.6 Å². The molecule has 0 radical (unpaired) electrons. The van der Waals surface area contributed by atoms with Gasteiger partial charge in [-0.1, -0.05) is 41.9 Å². The first kappa shape index (κ1) is 22.2. The van der Waals surface area contributed by atoms with E-state index in [1.54, 1.807) is 0 Å². The number of hydrogen-bond acceptors (Lipinski definition) is 5. The Bertz CT molecular complexity index is 1420. The smallest absolute Gasteiger partial charge is 0.152 e. The summed E-state index contributed by atoms with van der Waals surface area (Å²) in [6, 6.07) is 13.9. The molecule has 3 heterocycles. The molecule has 1 aliphatic rings. The first-order valence-electron chi connectivity index (χ1n) is 11.1. The highest BCUT2D eigenvalue weighted by atomic mass is 35.5. The molecule has 0 unspecified atom stereocenters. The van der Waals surface area contributed by atoms with Gasteiger partial charge in [0.25, 0.3) is 0 Å². The number of nitrogens with zero attached hydrogens (tertiary/aromatic N) is 3. The minimum absolute atomic E-state index is 0.101. The van der Waals surface area contributed by atoms with Gasteiger partial charge in [-0.15, -0.1) is 0 Å². The molecule has 1 aliphatic heterocycles. The van der Waals surface area contributed by atoms with Crippen molar-refractivity contribution in [2.75, 3.05) is 11.5 Å². The molecule has 1 saturated heterocycles. The average molecular weight is 484 g/mol. The topological polar surface area (TPSA) is 78.0 Å². The number of halogens is 1. The second-order valence-corrected chi connectivity index (χ2v) is 11.7. The van der Waals surface area contributed by atoms with E-state index in [1.807, 2.05) is 50.2 Å². The molecule has 6 nitrogen and oxygen atoms in total. The zero-order valence-electron chi connectivity index (χ0n) is 18.9. The van der Waals surface area contributed by atoms with E-state index in [1.165, 1.54) is 5.56 Å². The first-order valence-corrected chi connectivity index (χ1v) is 13.3. The van der Waals surface area contributed by atoms with Gasteiger partial charge in [0.05, 0.1) is 34.3 Å². The summed E-state index contributed by atoms with van der Waals surface area (Å²) in [6.07, 6.45) is 1.40. The Balaban J connectivity index is 1.61. The van der Waals surface area contributed by atoms with Gasteiger partial charge in [-0.3, -0.25) is 0 Å². The minimum Gasteiger partial charge on any atom is -0.361 e. The third-order valence-corrected chi connectivity index (χ3v) is 8.51. The van der Waals surface area contributed by atoms with Crippen LogP contribution >= 0.6 is 11.6 Å². The van der Waals surface area contributed by atoms with E-state index in [4.69, 9.17) is 21.1 Å². The highest BCUT2D eigenvalue weighted by molar-refractivity contribution is 7.91. The molecule has 4 aromatic rings. The van der Waals surface area contributed by atoms with Crippen molar-refractivity contribution in [3.05, 3.63) is 70.3 Å².